The van der Waals surface area contributed by atoms with Crippen LogP contribution in [0.4, 0.5) is 5.69 Å². The number of ether oxygens (including phenoxy) is 3. The summed E-state index contributed by atoms with van der Waals surface area (Å²) in [5.41, 5.74) is 3.34. The third-order valence-corrected chi connectivity index (χ3v) is 6.03. The van der Waals surface area contributed by atoms with Gasteiger partial charge in [0, 0.05) is 22.6 Å². The second-order valence-electron chi connectivity index (χ2n) is 7.33. The van der Waals surface area contributed by atoms with Crippen molar-refractivity contribution in [2.45, 2.75) is 44.5 Å². The van der Waals surface area contributed by atoms with Crippen molar-refractivity contribution >= 4 is 17.4 Å². The maximum absolute atomic E-state index is 6.36. The number of rotatable bonds is 9. The number of methoxy groups -OCH3 is 1. The predicted octanol–water partition coefficient (Wildman–Crippen LogP) is 5.73. The SMILES string of the molecule is CCCCCSc1nnc2c(n1)O[C@H](c1ccc(OCC)c(OC)c1)Nc1ccccc1-2. The molecule has 0 unspecified atom stereocenters. The van der Waals surface area contributed by atoms with E-state index >= 15 is 0 Å². The summed E-state index contributed by atoms with van der Waals surface area (Å²) in [6, 6.07) is 13.7. The van der Waals surface area contributed by atoms with E-state index in [9.17, 15) is 0 Å². The number of unbranched alkanes of at least 4 members (excludes halogenated alkanes) is 2. The van der Waals surface area contributed by atoms with E-state index in [1.807, 2.05) is 49.4 Å². The van der Waals surface area contributed by atoms with Gasteiger partial charge in [0.1, 0.15) is 0 Å². The maximum atomic E-state index is 6.36. The molecule has 32 heavy (non-hydrogen) atoms. The van der Waals surface area contributed by atoms with Gasteiger partial charge in [0.05, 0.1) is 13.7 Å². The van der Waals surface area contributed by atoms with Crippen LogP contribution in [0.2, 0.25) is 0 Å². The number of para-hydroxylation sites is 1. The predicted molar refractivity (Wildman–Crippen MR) is 127 cm³/mol. The molecule has 0 fully saturated rings. The van der Waals surface area contributed by atoms with Gasteiger partial charge in [0.25, 0.3) is 0 Å². The number of anilines is 1. The van der Waals surface area contributed by atoms with Crippen LogP contribution in [0.3, 0.4) is 0 Å². The van der Waals surface area contributed by atoms with E-state index in [1.165, 1.54) is 12.8 Å². The molecular weight excluding hydrogens is 424 g/mol. The zero-order chi connectivity index (χ0) is 22.3. The highest BCUT2D eigenvalue weighted by Gasteiger charge is 2.26. The van der Waals surface area contributed by atoms with Crippen LogP contribution in [0.15, 0.2) is 47.6 Å². The van der Waals surface area contributed by atoms with Gasteiger partial charge >= 0.3 is 0 Å². The fourth-order valence-electron chi connectivity index (χ4n) is 3.50. The Morgan fingerprint density at radius 1 is 1.06 bits per heavy atom. The Morgan fingerprint density at radius 3 is 2.75 bits per heavy atom. The number of hydrogen-bond acceptors (Lipinski definition) is 8. The highest BCUT2D eigenvalue weighted by molar-refractivity contribution is 7.99. The van der Waals surface area contributed by atoms with Crippen molar-refractivity contribution < 1.29 is 14.2 Å². The Labute approximate surface area is 192 Å². The standard InChI is InChI=1S/C24H28N4O3S/c1-4-6-9-14-32-24-26-23-21(27-28-24)17-10-7-8-11-18(17)25-22(31-23)16-12-13-19(30-5-2)20(15-16)29-3/h7-8,10-13,15,22,25H,4-6,9,14H2,1-3H3/t22-/m1/s1. The molecule has 0 aliphatic carbocycles. The number of nitrogens with one attached hydrogen (secondary N) is 1. The van der Waals surface area contributed by atoms with Crippen molar-refractivity contribution in [2.24, 2.45) is 0 Å². The van der Waals surface area contributed by atoms with Gasteiger partial charge in [-0.1, -0.05) is 49.7 Å². The van der Waals surface area contributed by atoms with Crippen molar-refractivity contribution in [3.05, 3.63) is 48.0 Å². The molecule has 0 amide bonds. The van der Waals surface area contributed by atoms with E-state index in [4.69, 9.17) is 19.2 Å². The molecule has 2 heterocycles. The molecule has 168 valence electrons. The summed E-state index contributed by atoms with van der Waals surface area (Å²) in [5, 5.41) is 12.9. The van der Waals surface area contributed by atoms with Gasteiger partial charge in [-0.05, 0) is 37.6 Å². The molecule has 1 aliphatic rings. The fraction of sp³-hybridized carbons (Fsp3) is 0.375. The van der Waals surface area contributed by atoms with E-state index in [-0.39, 0.29) is 0 Å². The van der Waals surface area contributed by atoms with Crippen molar-refractivity contribution in [2.75, 3.05) is 24.8 Å². The van der Waals surface area contributed by atoms with E-state index in [0.29, 0.717) is 34.8 Å². The van der Waals surface area contributed by atoms with Crippen LogP contribution in [-0.2, 0) is 0 Å². The van der Waals surface area contributed by atoms with Crippen molar-refractivity contribution in [1.29, 1.82) is 0 Å². The molecule has 1 aromatic heterocycles. The topological polar surface area (TPSA) is 78.4 Å². The summed E-state index contributed by atoms with van der Waals surface area (Å²) in [6.45, 7) is 4.71. The van der Waals surface area contributed by atoms with Crippen LogP contribution < -0.4 is 19.5 Å². The average molecular weight is 453 g/mol. The van der Waals surface area contributed by atoms with Gasteiger partial charge < -0.3 is 19.5 Å². The lowest BCUT2D eigenvalue weighted by atomic mass is 10.1. The zero-order valence-corrected chi connectivity index (χ0v) is 19.4. The van der Waals surface area contributed by atoms with Crippen LogP contribution in [0.25, 0.3) is 11.3 Å². The molecule has 3 aromatic rings. The number of hydrogen-bond donors (Lipinski definition) is 1. The van der Waals surface area contributed by atoms with Crippen LogP contribution in [-0.4, -0.2) is 34.7 Å². The summed E-state index contributed by atoms with van der Waals surface area (Å²) in [6.07, 6.45) is 3.03. The largest absolute Gasteiger partial charge is 0.493 e. The number of fused-ring (bicyclic) bond motifs is 3. The second kappa shape index (κ2) is 10.5. The maximum Gasteiger partial charge on any atom is 0.247 e. The lowest BCUT2D eigenvalue weighted by Crippen LogP contribution is -2.17. The fourth-order valence-corrected chi connectivity index (χ4v) is 4.27. The molecule has 8 heteroatoms. The van der Waals surface area contributed by atoms with E-state index in [1.54, 1.807) is 18.9 Å². The number of aromatic nitrogens is 3. The van der Waals surface area contributed by atoms with Gasteiger partial charge in [-0.15, -0.1) is 10.2 Å². The smallest absolute Gasteiger partial charge is 0.247 e. The minimum Gasteiger partial charge on any atom is -0.493 e. The molecule has 4 rings (SSSR count). The third-order valence-electron chi connectivity index (χ3n) is 5.10. The Hall–Kier alpha value is -3.00. The van der Waals surface area contributed by atoms with Crippen molar-refractivity contribution in [1.82, 2.24) is 15.2 Å². The average Bonchev–Trinajstić information content (AvgIpc) is 2.99. The first-order chi connectivity index (χ1) is 15.7. The summed E-state index contributed by atoms with van der Waals surface area (Å²) in [5.74, 6) is 2.78. The zero-order valence-electron chi connectivity index (χ0n) is 18.6. The molecule has 2 aromatic carbocycles. The van der Waals surface area contributed by atoms with Crippen LogP contribution in [0.1, 0.15) is 44.9 Å². The molecule has 1 N–H and O–H groups in total. The molecule has 0 radical (unpaired) electrons. The third kappa shape index (κ3) is 4.91. The molecule has 0 spiro atoms. The van der Waals surface area contributed by atoms with Crippen molar-refractivity contribution in [3.8, 4) is 28.6 Å². The Morgan fingerprint density at radius 2 is 1.94 bits per heavy atom. The quantitative estimate of drug-likeness (QED) is 0.326. The van der Waals surface area contributed by atoms with Gasteiger partial charge in [-0.25, -0.2) is 0 Å². The number of benzene rings is 2. The monoisotopic (exact) mass is 452 g/mol. The first kappa shape index (κ1) is 22.2. The van der Waals surface area contributed by atoms with Crippen LogP contribution in [0.5, 0.6) is 17.4 Å². The molecule has 0 saturated carbocycles. The second-order valence-corrected chi connectivity index (χ2v) is 8.40. The first-order valence-corrected chi connectivity index (χ1v) is 11.9. The minimum absolute atomic E-state index is 0.466. The van der Waals surface area contributed by atoms with Gasteiger partial charge in [-0.2, -0.15) is 4.98 Å². The van der Waals surface area contributed by atoms with E-state index < -0.39 is 6.23 Å². The first-order valence-electron chi connectivity index (χ1n) is 10.9. The lowest BCUT2D eigenvalue weighted by Gasteiger charge is -2.20. The summed E-state index contributed by atoms with van der Waals surface area (Å²) in [4.78, 5) is 4.71. The van der Waals surface area contributed by atoms with Crippen LogP contribution >= 0.6 is 11.8 Å². The Balaban J connectivity index is 1.68. The lowest BCUT2D eigenvalue weighted by molar-refractivity contribution is 0.224. The molecule has 1 aliphatic heterocycles. The van der Waals surface area contributed by atoms with E-state index in [0.717, 1.165) is 29.0 Å². The van der Waals surface area contributed by atoms with Crippen LogP contribution in [0, 0.1) is 0 Å². The van der Waals surface area contributed by atoms with Gasteiger partial charge in [0.15, 0.2) is 23.4 Å². The molecule has 0 bridgehead atoms. The van der Waals surface area contributed by atoms with Gasteiger partial charge in [0.2, 0.25) is 11.0 Å². The molecule has 7 nitrogen and oxygen atoms in total. The summed E-state index contributed by atoms with van der Waals surface area (Å²) in [7, 11) is 1.63. The number of thioether (sulfide) groups is 1. The van der Waals surface area contributed by atoms with Gasteiger partial charge in [-0.3, -0.25) is 0 Å². The molecule has 0 saturated heterocycles. The summed E-state index contributed by atoms with van der Waals surface area (Å²) < 4.78 is 17.6. The normalized spacial score (nSPS) is 14.4. The summed E-state index contributed by atoms with van der Waals surface area (Å²) >= 11 is 1.61. The molecular formula is C24H28N4O3S. The molecule has 1 atom stereocenters. The minimum atomic E-state index is -0.475. The highest BCUT2D eigenvalue weighted by Crippen LogP contribution is 2.40. The van der Waals surface area contributed by atoms with Crippen molar-refractivity contribution in [3.63, 3.8) is 0 Å². The van der Waals surface area contributed by atoms with E-state index in [2.05, 4.69) is 22.4 Å². The highest BCUT2D eigenvalue weighted by atomic mass is 32.2. The Kier molecular flexibility index (Phi) is 7.32. The number of nitrogens with zero attached hydrogens (tertiary/aromatic N) is 3. The Bertz CT molecular complexity index is 1060.